The molecule has 3 aromatic carbocycles. The van der Waals surface area contributed by atoms with Gasteiger partial charge in [-0.25, -0.2) is 8.42 Å². The minimum atomic E-state index is -4.59. The molecule has 0 spiro atoms. The largest absolute Gasteiger partial charge is 0.416 e. The Bertz CT molecular complexity index is 1250. The van der Waals surface area contributed by atoms with E-state index in [2.05, 4.69) is 10.0 Å². The molecule has 1 atom stereocenters. The molecule has 0 radical (unpaired) electrons. The van der Waals surface area contributed by atoms with Crippen LogP contribution >= 0.6 is 23.4 Å². The van der Waals surface area contributed by atoms with Crippen LogP contribution in [0.25, 0.3) is 0 Å². The number of carbonyl (C=O) groups is 1. The van der Waals surface area contributed by atoms with Gasteiger partial charge in [0.2, 0.25) is 5.91 Å². The van der Waals surface area contributed by atoms with E-state index in [9.17, 15) is 26.4 Å². The van der Waals surface area contributed by atoms with Crippen LogP contribution in [-0.2, 0) is 21.0 Å². The standard InChI is InChI=1S/C23H20ClF3N2O3S2/c1-2-21(33-19-10-6-16(24)7-11-19)22(30)28-17-8-12-20(13-9-17)34(31,32)29-18-5-3-4-15(14-18)23(25,26)27/h3-14,21,29H,2H2,1H3,(H,28,30). The first-order valence-corrected chi connectivity index (χ1v) is 12.8. The van der Waals surface area contributed by atoms with Gasteiger partial charge in [-0.05, 0) is 73.2 Å². The topological polar surface area (TPSA) is 75.3 Å². The molecule has 180 valence electrons. The number of amides is 1. The number of thioether (sulfide) groups is 1. The smallest absolute Gasteiger partial charge is 0.325 e. The third-order valence-corrected chi connectivity index (χ3v) is 7.65. The highest BCUT2D eigenvalue weighted by Crippen LogP contribution is 2.31. The Morgan fingerprint density at radius 3 is 2.24 bits per heavy atom. The summed E-state index contributed by atoms with van der Waals surface area (Å²) in [6.07, 6.45) is -4.03. The highest BCUT2D eigenvalue weighted by molar-refractivity contribution is 8.00. The highest BCUT2D eigenvalue weighted by atomic mass is 35.5. The molecule has 1 unspecified atom stereocenters. The van der Waals surface area contributed by atoms with Crippen molar-refractivity contribution in [2.75, 3.05) is 10.0 Å². The monoisotopic (exact) mass is 528 g/mol. The molecule has 0 aromatic heterocycles. The maximum atomic E-state index is 12.9. The van der Waals surface area contributed by atoms with Gasteiger partial charge in [0, 0.05) is 21.3 Å². The van der Waals surface area contributed by atoms with E-state index >= 15 is 0 Å². The summed E-state index contributed by atoms with van der Waals surface area (Å²) in [5.74, 6) is -0.250. The van der Waals surface area contributed by atoms with Gasteiger partial charge in [-0.2, -0.15) is 13.2 Å². The van der Waals surface area contributed by atoms with Crippen molar-refractivity contribution in [3.63, 3.8) is 0 Å². The summed E-state index contributed by atoms with van der Waals surface area (Å²) in [4.78, 5) is 13.4. The van der Waals surface area contributed by atoms with E-state index in [1.54, 1.807) is 12.1 Å². The fourth-order valence-electron chi connectivity index (χ4n) is 2.91. The fraction of sp³-hybridized carbons (Fsp3) is 0.174. The molecule has 0 bridgehead atoms. The molecule has 0 heterocycles. The average molecular weight is 529 g/mol. The number of benzene rings is 3. The van der Waals surface area contributed by atoms with Crippen LogP contribution in [0.1, 0.15) is 18.9 Å². The molecule has 5 nitrogen and oxygen atoms in total. The lowest BCUT2D eigenvalue weighted by molar-refractivity contribution is -0.137. The molecule has 0 aliphatic rings. The van der Waals surface area contributed by atoms with Crippen molar-refractivity contribution in [2.24, 2.45) is 0 Å². The van der Waals surface area contributed by atoms with Crippen molar-refractivity contribution < 1.29 is 26.4 Å². The molecule has 0 saturated heterocycles. The van der Waals surface area contributed by atoms with E-state index < -0.39 is 21.8 Å². The van der Waals surface area contributed by atoms with Crippen LogP contribution in [0.2, 0.25) is 5.02 Å². The zero-order valence-electron chi connectivity index (χ0n) is 17.8. The first-order chi connectivity index (χ1) is 16.0. The van der Waals surface area contributed by atoms with Gasteiger partial charge in [0.15, 0.2) is 0 Å². The van der Waals surface area contributed by atoms with E-state index in [4.69, 9.17) is 11.6 Å². The van der Waals surface area contributed by atoms with Gasteiger partial charge in [0.05, 0.1) is 15.7 Å². The van der Waals surface area contributed by atoms with Gasteiger partial charge >= 0.3 is 6.18 Å². The molecular weight excluding hydrogens is 509 g/mol. The fourth-order valence-corrected chi connectivity index (χ4v) is 5.04. The quantitative estimate of drug-likeness (QED) is 0.320. The molecule has 2 N–H and O–H groups in total. The zero-order chi connectivity index (χ0) is 24.9. The van der Waals surface area contributed by atoms with Gasteiger partial charge in [0.25, 0.3) is 10.0 Å². The van der Waals surface area contributed by atoms with Crippen molar-refractivity contribution >= 4 is 50.7 Å². The van der Waals surface area contributed by atoms with Crippen molar-refractivity contribution in [1.82, 2.24) is 0 Å². The summed E-state index contributed by atoms with van der Waals surface area (Å²) >= 11 is 7.27. The Morgan fingerprint density at radius 2 is 1.65 bits per heavy atom. The maximum Gasteiger partial charge on any atom is 0.416 e. The summed E-state index contributed by atoms with van der Waals surface area (Å²) in [6, 6.07) is 16.4. The first-order valence-electron chi connectivity index (χ1n) is 10.0. The molecular formula is C23H20ClF3N2O3S2. The lowest BCUT2D eigenvalue weighted by Crippen LogP contribution is -2.24. The first kappa shape index (κ1) is 25.9. The summed E-state index contributed by atoms with van der Waals surface area (Å²) in [5.41, 5.74) is -0.789. The van der Waals surface area contributed by atoms with E-state index in [-0.39, 0.29) is 21.7 Å². The molecule has 0 aliphatic heterocycles. The highest BCUT2D eigenvalue weighted by Gasteiger charge is 2.30. The number of anilines is 2. The molecule has 11 heteroatoms. The number of hydrogen-bond acceptors (Lipinski definition) is 4. The molecule has 0 saturated carbocycles. The van der Waals surface area contributed by atoms with Crippen LogP contribution in [0.3, 0.4) is 0 Å². The van der Waals surface area contributed by atoms with Crippen LogP contribution < -0.4 is 10.0 Å². The average Bonchev–Trinajstić information content (AvgIpc) is 2.78. The predicted octanol–water partition coefficient (Wildman–Crippen LogP) is 6.67. The maximum absolute atomic E-state index is 12.9. The van der Waals surface area contributed by atoms with Gasteiger partial charge in [-0.15, -0.1) is 11.8 Å². The van der Waals surface area contributed by atoms with Crippen LogP contribution in [0.15, 0.2) is 82.6 Å². The zero-order valence-corrected chi connectivity index (χ0v) is 20.2. The normalized spacial score (nSPS) is 12.7. The third kappa shape index (κ3) is 6.91. The minimum Gasteiger partial charge on any atom is -0.325 e. The summed E-state index contributed by atoms with van der Waals surface area (Å²) in [5, 5.41) is 2.97. The summed E-state index contributed by atoms with van der Waals surface area (Å²) in [6.45, 7) is 1.88. The lowest BCUT2D eigenvalue weighted by atomic mass is 10.2. The second kappa shape index (κ2) is 10.7. The number of sulfonamides is 1. The number of nitrogens with one attached hydrogen (secondary N) is 2. The van der Waals surface area contributed by atoms with Crippen LogP contribution in [0.5, 0.6) is 0 Å². The second-order valence-corrected chi connectivity index (χ2v) is 10.6. The van der Waals surface area contributed by atoms with Gasteiger partial charge in [-0.1, -0.05) is 24.6 Å². The molecule has 1 amide bonds. The number of alkyl halides is 3. The van der Waals surface area contributed by atoms with E-state index in [1.807, 2.05) is 19.1 Å². The Balaban J connectivity index is 1.67. The second-order valence-electron chi connectivity index (χ2n) is 7.17. The predicted molar refractivity (Wildman–Crippen MR) is 129 cm³/mol. The van der Waals surface area contributed by atoms with Crippen molar-refractivity contribution in [3.05, 3.63) is 83.4 Å². The molecule has 3 rings (SSSR count). The van der Waals surface area contributed by atoms with Crippen LogP contribution in [0, 0.1) is 0 Å². The van der Waals surface area contributed by atoms with Crippen molar-refractivity contribution in [2.45, 2.75) is 34.6 Å². The Hall–Kier alpha value is -2.69. The van der Waals surface area contributed by atoms with E-state index in [0.717, 1.165) is 23.1 Å². The van der Waals surface area contributed by atoms with Crippen molar-refractivity contribution in [3.8, 4) is 0 Å². The minimum absolute atomic E-state index is 0.162. The van der Waals surface area contributed by atoms with Gasteiger partial charge in [-0.3, -0.25) is 9.52 Å². The number of carbonyl (C=O) groups excluding carboxylic acids is 1. The summed E-state index contributed by atoms with van der Waals surface area (Å²) in [7, 11) is -4.13. The molecule has 3 aromatic rings. The number of halogens is 4. The Kier molecular flexibility index (Phi) is 8.17. The Morgan fingerprint density at radius 1 is 1.00 bits per heavy atom. The molecule has 0 fully saturated rings. The SMILES string of the molecule is CCC(Sc1ccc(Cl)cc1)C(=O)Nc1ccc(S(=O)(=O)Nc2cccc(C(F)(F)F)c2)cc1. The number of rotatable bonds is 8. The molecule has 34 heavy (non-hydrogen) atoms. The summed E-state index contributed by atoms with van der Waals surface area (Å²) < 4.78 is 65.9. The van der Waals surface area contributed by atoms with Crippen molar-refractivity contribution in [1.29, 1.82) is 0 Å². The van der Waals surface area contributed by atoms with Gasteiger partial charge < -0.3 is 5.32 Å². The third-order valence-electron chi connectivity index (χ3n) is 4.63. The van der Waals surface area contributed by atoms with Gasteiger partial charge in [0.1, 0.15) is 0 Å². The number of hydrogen-bond donors (Lipinski definition) is 2. The lowest BCUT2D eigenvalue weighted by Gasteiger charge is -2.15. The van der Waals surface area contributed by atoms with E-state index in [0.29, 0.717) is 17.1 Å². The van der Waals surface area contributed by atoms with Crippen LogP contribution in [0.4, 0.5) is 24.5 Å². The molecule has 0 aliphatic carbocycles. The van der Waals surface area contributed by atoms with E-state index in [1.165, 1.54) is 42.1 Å². The van der Waals surface area contributed by atoms with Crippen LogP contribution in [-0.4, -0.2) is 19.6 Å². The Labute approximate surface area is 204 Å².